The number of likely N-dealkylation sites (tertiary alicyclic amines) is 1. The molecule has 8 heteroatoms. The van der Waals surface area contributed by atoms with E-state index in [9.17, 15) is 14.4 Å². The largest absolute Gasteiger partial charge is 0.459 e. The first-order valence-corrected chi connectivity index (χ1v) is 9.27. The van der Waals surface area contributed by atoms with Crippen LogP contribution in [-0.4, -0.2) is 77.9 Å². The van der Waals surface area contributed by atoms with E-state index >= 15 is 0 Å². The minimum Gasteiger partial charge on any atom is -0.459 e. The van der Waals surface area contributed by atoms with Crippen LogP contribution in [0.4, 0.5) is 4.79 Å². The number of rotatable bonds is 4. The monoisotopic (exact) mass is 360 g/mol. The lowest BCUT2D eigenvalue weighted by atomic mass is 10.1. The van der Waals surface area contributed by atoms with Gasteiger partial charge >= 0.3 is 6.03 Å². The van der Waals surface area contributed by atoms with Crippen LogP contribution in [0.25, 0.3) is 0 Å². The number of furan rings is 1. The lowest BCUT2D eigenvalue weighted by Gasteiger charge is -2.34. The van der Waals surface area contributed by atoms with Crippen LogP contribution < -0.4 is 5.32 Å². The van der Waals surface area contributed by atoms with Crippen LogP contribution in [0.2, 0.25) is 0 Å². The molecule has 1 N–H and O–H groups in total. The Bertz CT molecular complexity index is 677. The number of piperazine rings is 1. The second kappa shape index (κ2) is 7.01. The van der Waals surface area contributed by atoms with Gasteiger partial charge < -0.3 is 24.4 Å². The van der Waals surface area contributed by atoms with Gasteiger partial charge in [0.25, 0.3) is 5.91 Å². The standard InChI is InChI=1S/C18H24N4O4/c23-16-10-13(12-22(16)14-3-4-14)11-19-18(25)21-7-5-20(6-8-21)17(24)15-2-1-9-26-15/h1-2,9,13-14H,3-8,10-12H2,(H,19,25)/t13-/m0/s1. The molecule has 4 amide bonds. The molecule has 1 atom stereocenters. The highest BCUT2D eigenvalue weighted by Gasteiger charge is 2.39. The lowest BCUT2D eigenvalue weighted by molar-refractivity contribution is -0.128. The summed E-state index contributed by atoms with van der Waals surface area (Å²) >= 11 is 0. The molecule has 1 aromatic heterocycles. The first-order chi connectivity index (χ1) is 12.6. The fourth-order valence-electron chi connectivity index (χ4n) is 3.70. The van der Waals surface area contributed by atoms with E-state index in [2.05, 4.69) is 5.32 Å². The van der Waals surface area contributed by atoms with Gasteiger partial charge in [-0.05, 0) is 25.0 Å². The normalized spacial score (nSPS) is 23.5. The maximum Gasteiger partial charge on any atom is 0.317 e. The molecule has 140 valence electrons. The summed E-state index contributed by atoms with van der Waals surface area (Å²) in [4.78, 5) is 42.0. The number of nitrogens with one attached hydrogen (secondary N) is 1. The molecule has 0 aromatic carbocycles. The highest BCUT2D eigenvalue weighted by Crippen LogP contribution is 2.32. The van der Waals surface area contributed by atoms with Crippen LogP contribution in [0.5, 0.6) is 0 Å². The molecule has 8 nitrogen and oxygen atoms in total. The zero-order valence-electron chi connectivity index (χ0n) is 14.7. The third-order valence-electron chi connectivity index (χ3n) is 5.35. The van der Waals surface area contributed by atoms with Gasteiger partial charge in [0.1, 0.15) is 0 Å². The van der Waals surface area contributed by atoms with E-state index in [0.29, 0.717) is 50.9 Å². The average molecular weight is 360 g/mol. The first-order valence-electron chi connectivity index (χ1n) is 9.27. The quantitative estimate of drug-likeness (QED) is 0.859. The van der Waals surface area contributed by atoms with Gasteiger partial charge in [-0.15, -0.1) is 0 Å². The third kappa shape index (κ3) is 3.54. The minimum absolute atomic E-state index is 0.118. The van der Waals surface area contributed by atoms with Gasteiger partial charge in [-0.1, -0.05) is 0 Å². The number of hydrogen-bond donors (Lipinski definition) is 1. The average Bonchev–Trinajstić information content (AvgIpc) is 3.21. The Morgan fingerprint density at radius 2 is 1.88 bits per heavy atom. The fourth-order valence-corrected chi connectivity index (χ4v) is 3.70. The van der Waals surface area contributed by atoms with Crippen molar-refractivity contribution in [2.45, 2.75) is 25.3 Å². The van der Waals surface area contributed by atoms with Gasteiger partial charge in [0.15, 0.2) is 5.76 Å². The van der Waals surface area contributed by atoms with Gasteiger partial charge in [0.2, 0.25) is 5.91 Å². The van der Waals surface area contributed by atoms with Crippen molar-refractivity contribution in [1.29, 1.82) is 0 Å². The summed E-state index contributed by atoms with van der Waals surface area (Å²) in [6.07, 6.45) is 4.24. The summed E-state index contributed by atoms with van der Waals surface area (Å²) in [5.41, 5.74) is 0. The summed E-state index contributed by atoms with van der Waals surface area (Å²) in [6.45, 7) is 3.26. The molecule has 2 aliphatic heterocycles. The molecule has 26 heavy (non-hydrogen) atoms. The molecule has 1 aromatic rings. The molecule has 1 saturated carbocycles. The molecule has 3 fully saturated rings. The second-order valence-corrected chi connectivity index (χ2v) is 7.29. The zero-order chi connectivity index (χ0) is 18.1. The summed E-state index contributed by atoms with van der Waals surface area (Å²) in [5.74, 6) is 0.611. The van der Waals surface area contributed by atoms with E-state index in [1.807, 2.05) is 4.90 Å². The molecule has 3 heterocycles. The fraction of sp³-hybridized carbons (Fsp3) is 0.611. The van der Waals surface area contributed by atoms with E-state index < -0.39 is 0 Å². The molecular formula is C18H24N4O4. The summed E-state index contributed by atoms with van der Waals surface area (Å²) in [7, 11) is 0. The van der Waals surface area contributed by atoms with Crippen molar-refractivity contribution in [2.24, 2.45) is 5.92 Å². The van der Waals surface area contributed by atoms with Crippen molar-refractivity contribution in [2.75, 3.05) is 39.3 Å². The maximum absolute atomic E-state index is 12.4. The highest BCUT2D eigenvalue weighted by molar-refractivity contribution is 5.91. The van der Waals surface area contributed by atoms with Crippen molar-refractivity contribution in [1.82, 2.24) is 20.0 Å². The molecule has 0 spiro atoms. The van der Waals surface area contributed by atoms with Gasteiger partial charge in [-0.3, -0.25) is 9.59 Å². The van der Waals surface area contributed by atoms with Crippen LogP contribution in [0.15, 0.2) is 22.8 Å². The lowest BCUT2D eigenvalue weighted by Crippen LogP contribution is -2.53. The van der Waals surface area contributed by atoms with Crippen molar-refractivity contribution in [3.05, 3.63) is 24.2 Å². The van der Waals surface area contributed by atoms with Gasteiger partial charge in [-0.2, -0.15) is 0 Å². The molecule has 0 radical (unpaired) electrons. The Kier molecular flexibility index (Phi) is 4.57. The topological polar surface area (TPSA) is 86.1 Å². The zero-order valence-corrected chi connectivity index (χ0v) is 14.7. The molecule has 0 unspecified atom stereocenters. The number of nitrogens with zero attached hydrogens (tertiary/aromatic N) is 3. The predicted molar refractivity (Wildman–Crippen MR) is 92.4 cm³/mol. The molecule has 0 bridgehead atoms. The number of carbonyl (C=O) groups is 3. The van der Waals surface area contributed by atoms with E-state index in [1.165, 1.54) is 6.26 Å². The number of carbonyl (C=O) groups excluding carboxylic acids is 3. The number of urea groups is 1. The first kappa shape index (κ1) is 16.9. The Hall–Kier alpha value is -2.51. The van der Waals surface area contributed by atoms with Crippen LogP contribution in [0.1, 0.15) is 29.8 Å². The van der Waals surface area contributed by atoms with E-state index in [1.54, 1.807) is 21.9 Å². The Morgan fingerprint density at radius 3 is 2.54 bits per heavy atom. The molecular weight excluding hydrogens is 336 g/mol. The van der Waals surface area contributed by atoms with Crippen LogP contribution in [-0.2, 0) is 4.79 Å². The van der Waals surface area contributed by atoms with Gasteiger partial charge in [-0.25, -0.2) is 4.79 Å². The number of hydrogen-bond acceptors (Lipinski definition) is 4. The van der Waals surface area contributed by atoms with Crippen molar-refractivity contribution in [3.63, 3.8) is 0 Å². The Labute approximate surface area is 152 Å². The van der Waals surface area contributed by atoms with Crippen LogP contribution >= 0.6 is 0 Å². The number of amides is 4. The molecule has 1 aliphatic carbocycles. The summed E-state index contributed by atoms with van der Waals surface area (Å²) < 4.78 is 5.14. The van der Waals surface area contributed by atoms with Crippen LogP contribution in [0.3, 0.4) is 0 Å². The SMILES string of the molecule is O=C(NC[C@@H]1CC(=O)N(C2CC2)C1)N1CCN(C(=O)c2ccco2)CC1. The van der Waals surface area contributed by atoms with Crippen molar-refractivity contribution in [3.8, 4) is 0 Å². The van der Waals surface area contributed by atoms with Crippen molar-refractivity contribution >= 4 is 17.8 Å². The Balaban J connectivity index is 1.20. The highest BCUT2D eigenvalue weighted by atomic mass is 16.3. The smallest absolute Gasteiger partial charge is 0.317 e. The van der Waals surface area contributed by atoms with E-state index in [0.717, 1.165) is 19.4 Å². The van der Waals surface area contributed by atoms with Gasteiger partial charge in [0, 0.05) is 57.6 Å². The van der Waals surface area contributed by atoms with Gasteiger partial charge in [0.05, 0.1) is 6.26 Å². The minimum atomic E-state index is -0.139. The van der Waals surface area contributed by atoms with E-state index in [-0.39, 0.29) is 23.8 Å². The Morgan fingerprint density at radius 1 is 1.15 bits per heavy atom. The van der Waals surface area contributed by atoms with Crippen LogP contribution in [0, 0.1) is 5.92 Å². The van der Waals surface area contributed by atoms with E-state index in [4.69, 9.17) is 4.42 Å². The molecule has 3 aliphatic rings. The second-order valence-electron chi connectivity index (χ2n) is 7.29. The third-order valence-corrected chi connectivity index (χ3v) is 5.35. The summed E-state index contributed by atoms with van der Waals surface area (Å²) in [6, 6.07) is 3.67. The predicted octanol–water partition coefficient (Wildman–Crippen LogP) is 0.758. The molecule has 2 saturated heterocycles. The summed E-state index contributed by atoms with van der Waals surface area (Å²) in [5, 5.41) is 2.95. The molecule has 4 rings (SSSR count). The maximum atomic E-state index is 12.4. The van der Waals surface area contributed by atoms with Crippen molar-refractivity contribution < 1.29 is 18.8 Å².